The van der Waals surface area contributed by atoms with E-state index in [0.717, 1.165) is 12.0 Å². The smallest absolute Gasteiger partial charge is 0.248 e. The average Bonchev–Trinajstić information content (AvgIpc) is 3.23. The van der Waals surface area contributed by atoms with Crippen molar-refractivity contribution in [1.82, 2.24) is 4.90 Å². The maximum Gasteiger partial charge on any atom is 0.248 e. The van der Waals surface area contributed by atoms with Gasteiger partial charge in [0.25, 0.3) is 0 Å². The lowest BCUT2D eigenvalue weighted by Crippen LogP contribution is -2.48. The molecule has 2 aliphatic rings. The molecule has 28 heavy (non-hydrogen) atoms. The third-order valence-electron chi connectivity index (χ3n) is 5.13. The first kappa shape index (κ1) is 18.6. The van der Waals surface area contributed by atoms with Gasteiger partial charge in [-0.25, -0.2) is 0 Å². The number of hydrogen-bond donors (Lipinski definition) is 2. The summed E-state index contributed by atoms with van der Waals surface area (Å²) in [5.74, 6) is 0.253. The van der Waals surface area contributed by atoms with Crippen LogP contribution >= 0.6 is 11.8 Å². The topological polar surface area (TPSA) is 78.5 Å². The average molecular weight is 395 g/mol. The Morgan fingerprint density at radius 2 is 1.68 bits per heavy atom. The van der Waals surface area contributed by atoms with Crippen LogP contribution in [-0.2, 0) is 19.3 Å². The van der Waals surface area contributed by atoms with E-state index in [2.05, 4.69) is 10.6 Å². The van der Waals surface area contributed by atoms with Gasteiger partial charge in [0.05, 0.1) is 0 Å². The highest BCUT2D eigenvalue weighted by atomic mass is 32.2. The molecule has 2 atom stereocenters. The number of thioether (sulfide) groups is 1. The normalized spacial score (nSPS) is 23.4. The van der Waals surface area contributed by atoms with Gasteiger partial charge in [0.1, 0.15) is 10.9 Å². The molecule has 2 saturated heterocycles. The molecule has 2 aliphatic heterocycles. The minimum absolute atomic E-state index is 0.0232. The van der Waals surface area contributed by atoms with Crippen LogP contribution in [0.1, 0.15) is 25.3 Å². The van der Waals surface area contributed by atoms with Crippen molar-refractivity contribution in [2.24, 2.45) is 0 Å². The van der Waals surface area contributed by atoms with Crippen molar-refractivity contribution < 1.29 is 14.4 Å². The Morgan fingerprint density at radius 3 is 2.32 bits per heavy atom. The third kappa shape index (κ3) is 3.26. The van der Waals surface area contributed by atoms with Crippen LogP contribution in [0.2, 0.25) is 0 Å². The van der Waals surface area contributed by atoms with E-state index in [1.165, 1.54) is 6.92 Å². The van der Waals surface area contributed by atoms with E-state index >= 15 is 0 Å². The summed E-state index contributed by atoms with van der Waals surface area (Å²) in [5, 5.41) is 5.60. The second-order valence-electron chi connectivity index (χ2n) is 6.99. The molecule has 0 radical (unpaired) electrons. The molecule has 2 aromatic rings. The summed E-state index contributed by atoms with van der Waals surface area (Å²) in [5.41, 5.74) is 2.37. The van der Waals surface area contributed by atoms with E-state index in [9.17, 15) is 14.4 Å². The van der Waals surface area contributed by atoms with Crippen molar-refractivity contribution in [3.63, 3.8) is 0 Å². The van der Waals surface area contributed by atoms with E-state index in [0.29, 0.717) is 23.5 Å². The number of nitrogens with zero attached hydrogens (tertiary/aromatic N) is 1. The molecule has 144 valence electrons. The maximum atomic E-state index is 13.0. The summed E-state index contributed by atoms with van der Waals surface area (Å²) in [6.45, 7) is 1.44. The Balaban J connectivity index is 1.52. The Kier molecular flexibility index (Phi) is 4.85. The quantitative estimate of drug-likeness (QED) is 0.834. The maximum absolute atomic E-state index is 13.0. The monoisotopic (exact) mass is 395 g/mol. The molecule has 4 rings (SSSR count). The number of hydrogen-bond acceptors (Lipinski definition) is 4. The Morgan fingerprint density at radius 1 is 1.04 bits per heavy atom. The summed E-state index contributed by atoms with van der Waals surface area (Å²) >= 11 is 1.67. The summed E-state index contributed by atoms with van der Waals surface area (Å²) in [4.78, 5) is 38.0. The lowest BCUT2D eigenvalue weighted by Gasteiger charge is -2.34. The Hall–Kier alpha value is -2.80. The zero-order chi connectivity index (χ0) is 19.7. The molecule has 3 amide bonds. The van der Waals surface area contributed by atoms with Gasteiger partial charge in [0.15, 0.2) is 0 Å². The zero-order valence-corrected chi connectivity index (χ0v) is 16.3. The molecule has 2 aromatic carbocycles. The van der Waals surface area contributed by atoms with Crippen LogP contribution in [0.4, 0.5) is 11.4 Å². The molecule has 2 N–H and O–H groups in total. The van der Waals surface area contributed by atoms with Gasteiger partial charge in [-0.15, -0.1) is 11.8 Å². The van der Waals surface area contributed by atoms with Crippen molar-refractivity contribution in [2.75, 3.05) is 16.4 Å². The minimum Gasteiger partial charge on any atom is -0.326 e. The first-order chi connectivity index (χ1) is 13.5. The van der Waals surface area contributed by atoms with Crippen LogP contribution in [0.25, 0.3) is 0 Å². The Labute approximate surface area is 167 Å². The lowest BCUT2D eigenvalue weighted by molar-refractivity contribution is -0.136. The number of fused-ring (bicyclic) bond motifs is 1. The summed E-state index contributed by atoms with van der Waals surface area (Å²) in [6, 6.07) is 16.4. The third-order valence-corrected chi connectivity index (χ3v) is 6.72. The highest BCUT2D eigenvalue weighted by molar-refractivity contribution is 8.00. The lowest BCUT2D eigenvalue weighted by atomic mass is 10.0. The first-order valence-corrected chi connectivity index (χ1v) is 10.2. The van der Waals surface area contributed by atoms with E-state index < -0.39 is 10.9 Å². The first-order valence-electron chi connectivity index (χ1n) is 9.20. The van der Waals surface area contributed by atoms with E-state index in [1.807, 2.05) is 30.3 Å². The summed E-state index contributed by atoms with van der Waals surface area (Å²) in [7, 11) is 0. The second kappa shape index (κ2) is 7.31. The van der Waals surface area contributed by atoms with Crippen LogP contribution in [0, 0.1) is 0 Å². The van der Waals surface area contributed by atoms with Crippen molar-refractivity contribution in [3.8, 4) is 0 Å². The summed E-state index contributed by atoms with van der Waals surface area (Å²) < 4.78 is 0. The molecule has 0 bridgehead atoms. The van der Waals surface area contributed by atoms with Gasteiger partial charge in [0, 0.05) is 30.5 Å². The van der Waals surface area contributed by atoms with Gasteiger partial charge in [0.2, 0.25) is 17.7 Å². The van der Waals surface area contributed by atoms with Crippen LogP contribution in [0.5, 0.6) is 0 Å². The SMILES string of the molecule is CC(=O)Nc1ccc(NC(=O)[C@@H]2CS[C@]3(c4ccccc4)CCC(=O)N23)cc1. The predicted octanol–water partition coefficient (Wildman–Crippen LogP) is 3.17. The van der Waals surface area contributed by atoms with E-state index in [4.69, 9.17) is 0 Å². The van der Waals surface area contributed by atoms with Crippen molar-refractivity contribution in [3.05, 3.63) is 60.2 Å². The van der Waals surface area contributed by atoms with Crippen LogP contribution in [0.3, 0.4) is 0 Å². The number of nitrogens with one attached hydrogen (secondary N) is 2. The fourth-order valence-electron chi connectivity index (χ4n) is 3.90. The van der Waals surface area contributed by atoms with Gasteiger partial charge in [-0.2, -0.15) is 0 Å². The van der Waals surface area contributed by atoms with Crippen LogP contribution < -0.4 is 10.6 Å². The van der Waals surface area contributed by atoms with Gasteiger partial charge in [-0.05, 0) is 36.2 Å². The predicted molar refractivity (Wildman–Crippen MR) is 110 cm³/mol. The fraction of sp³-hybridized carbons (Fsp3) is 0.286. The standard InChI is InChI=1S/C21H21N3O3S/c1-14(25)22-16-7-9-17(10-8-16)23-20(27)18-13-28-21(12-11-19(26)24(18)21)15-5-3-2-4-6-15/h2-10,18H,11-13H2,1H3,(H,22,25)(H,23,27)/t18-,21-/m0/s1. The number of carbonyl (C=O) groups is 3. The molecule has 0 unspecified atom stereocenters. The van der Waals surface area contributed by atoms with Gasteiger partial charge < -0.3 is 15.5 Å². The molecular weight excluding hydrogens is 374 g/mol. The minimum atomic E-state index is -0.504. The number of amides is 3. The molecule has 2 fully saturated rings. The number of carbonyl (C=O) groups excluding carboxylic acids is 3. The molecule has 6 nitrogen and oxygen atoms in total. The molecule has 2 heterocycles. The largest absolute Gasteiger partial charge is 0.326 e. The van der Waals surface area contributed by atoms with Crippen LogP contribution in [0.15, 0.2) is 54.6 Å². The van der Waals surface area contributed by atoms with Gasteiger partial charge in [-0.1, -0.05) is 30.3 Å². The highest BCUT2D eigenvalue weighted by Gasteiger charge is 2.56. The Bertz CT molecular complexity index is 916. The van der Waals surface area contributed by atoms with Crippen molar-refractivity contribution >= 4 is 40.9 Å². The molecule has 0 aromatic heterocycles. The van der Waals surface area contributed by atoms with Crippen LogP contribution in [-0.4, -0.2) is 34.4 Å². The molecule has 0 saturated carbocycles. The number of anilines is 2. The second-order valence-corrected chi connectivity index (χ2v) is 8.29. The number of rotatable bonds is 4. The molecule has 7 heteroatoms. The van der Waals surface area contributed by atoms with Crippen molar-refractivity contribution in [1.29, 1.82) is 0 Å². The zero-order valence-electron chi connectivity index (χ0n) is 15.5. The fourth-order valence-corrected chi connectivity index (χ4v) is 5.55. The molecule has 0 aliphatic carbocycles. The summed E-state index contributed by atoms with van der Waals surface area (Å²) in [6.07, 6.45) is 1.17. The number of benzene rings is 2. The van der Waals surface area contributed by atoms with E-state index in [1.54, 1.807) is 40.9 Å². The van der Waals surface area contributed by atoms with Gasteiger partial charge >= 0.3 is 0 Å². The van der Waals surface area contributed by atoms with E-state index in [-0.39, 0.29) is 17.7 Å². The molecular formula is C21H21N3O3S. The van der Waals surface area contributed by atoms with Gasteiger partial charge in [-0.3, -0.25) is 14.4 Å². The van der Waals surface area contributed by atoms with Crippen molar-refractivity contribution in [2.45, 2.75) is 30.7 Å². The highest BCUT2D eigenvalue weighted by Crippen LogP contribution is 2.54. The molecule has 0 spiro atoms.